The third-order valence-electron chi connectivity index (χ3n) is 12.0. The van der Waals surface area contributed by atoms with Crippen LogP contribution in [-0.4, -0.2) is 116 Å². The number of amides is 1. The summed E-state index contributed by atoms with van der Waals surface area (Å²) in [4.78, 5) is 54.5. The van der Waals surface area contributed by atoms with Gasteiger partial charge in [-0.3, -0.25) is 4.79 Å². The second-order valence-corrected chi connectivity index (χ2v) is 15.6. The number of aliphatic hydroxyl groups is 5. The van der Waals surface area contributed by atoms with Crippen LogP contribution in [0, 0.1) is 111 Å². The van der Waals surface area contributed by atoms with E-state index in [-0.39, 0.29) is 124 Å². The molecule has 4 aliphatic rings. The Hall–Kier alpha value is -0.777. The van der Waals surface area contributed by atoms with Gasteiger partial charge in [0.15, 0.2) is 11.9 Å². The number of rotatable bonds is 9. The zero-order chi connectivity index (χ0) is 38.6. The molecule has 5 rings (SSSR count). The first kappa shape index (κ1) is 47.6. The minimum atomic E-state index is -2.28. The molecule has 1 saturated heterocycles. The third-order valence-corrected chi connectivity index (χ3v) is 12.0. The van der Waals surface area contributed by atoms with E-state index in [4.69, 9.17) is 18.9 Å². The third kappa shape index (κ3) is 8.11. The van der Waals surface area contributed by atoms with Crippen molar-refractivity contribution in [3.63, 3.8) is 0 Å². The Labute approximate surface area is 386 Å². The van der Waals surface area contributed by atoms with E-state index in [0.29, 0.717) is 0 Å². The van der Waals surface area contributed by atoms with Crippen LogP contribution in [0.25, 0.3) is 0 Å². The van der Waals surface area contributed by atoms with Crippen LogP contribution in [0.3, 0.4) is 0 Å². The van der Waals surface area contributed by atoms with Crippen LogP contribution in [0.5, 0.6) is 0 Å². The van der Waals surface area contributed by atoms with Gasteiger partial charge in [-0.1, -0.05) is 58.0 Å². The number of esters is 2. The van der Waals surface area contributed by atoms with Crippen molar-refractivity contribution in [1.29, 1.82) is 0 Å². The van der Waals surface area contributed by atoms with E-state index >= 15 is 0 Å². The van der Waals surface area contributed by atoms with Gasteiger partial charge in [0.1, 0.15) is 36.1 Å². The first-order valence-corrected chi connectivity index (χ1v) is 17.6. The fourth-order valence-corrected chi connectivity index (χ4v) is 8.74. The molecule has 2 radical (unpaired) electrons. The number of hydrogen-bond acceptors (Lipinski definition) is 13. The maximum atomic E-state index is 14.6. The van der Waals surface area contributed by atoms with Gasteiger partial charge in [0.2, 0.25) is 0 Å². The van der Waals surface area contributed by atoms with Crippen LogP contribution in [0.15, 0.2) is 53.6 Å². The van der Waals surface area contributed by atoms with Crippen molar-refractivity contribution in [3.8, 4) is 0 Å². The van der Waals surface area contributed by atoms with Crippen molar-refractivity contribution in [2.45, 2.75) is 115 Å². The van der Waals surface area contributed by atoms with Gasteiger partial charge in [0, 0.05) is 112 Å². The van der Waals surface area contributed by atoms with E-state index in [1.54, 1.807) is 65.0 Å². The Balaban J connectivity index is 0.00000392. The molecule has 1 aromatic rings. The number of carbonyl (C=O) groups is 4. The monoisotopic (exact) mass is 1180 g/mol. The van der Waals surface area contributed by atoms with Crippen molar-refractivity contribution in [1.82, 2.24) is 5.32 Å². The zero-order valence-corrected chi connectivity index (χ0v) is 41.2. The average molecular weight is 1180 g/mol. The van der Waals surface area contributed by atoms with Crippen LogP contribution in [0.1, 0.15) is 71.7 Å². The topological polar surface area (TPSA) is 218 Å². The van der Waals surface area contributed by atoms with Gasteiger partial charge in [-0.2, -0.15) is 0 Å². The SMILES string of the molecule is C/C=C/COC(=O)NC(C(C)C)C(O)C(=O)OC1CC2(O)C(OC(=O)c3ccccc3)C3[C@]4(O)COC4CC(O)[C@@]3(C)C(=O)C(O)C(=C1C)C2(C)C.[Ac].[Ac]. The minimum Gasteiger partial charge on any atom is -0.456 e. The number of allylic oxidation sites excluding steroid dienone is 1. The Morgan fingerprint density at radius 2 is 1.69 bits per heavy atom. The van der Waals surface area contributed by atoms with Gasteiger partial charge >= 0.3 is 18.0 Å². The van der Waals surface area contributed by atoms with Gasteiger partial charge in [0.25, 0.3) is 0 Å². The van der Waals surface area contributed by atoms with Crippen molar-refractivity contribution in [2.24, 2.45) is 22.7 Å². The van der Waals surface area contributed by atoms with Crippen molar-refractivity contribution in [2.75, 3.05) is 13.2 Å². The Morgan fingerprint density at radius 1 is 1.06 bits per heavy atom. The molecule has 2 bridgehead atoms. The molecule has 3 fully saturated rings. The molecule has 11 atom stereocenters. The van der Waals surface area contributed by atoms with Gasteiger partial charge < -0.3 is 49.8 Å². The largest absolute Gasteiger partial charge is 0.456 e. The second kappa shape index (κ2) is 18.0. The molecular formula is C38H51Ac2NO13. The van der Waals surface area contributed by atoms with Crippen LogP contribution < -0.4 is 5.32 Å². The standard InChI is InChI=1S/C38H51NO13.2Ac/c1-8-9-15-49-34(46)39-26(19(2)3)28(42)33(45)51-22-17-38(48)31(52-32(44)21-13-11-10-12-14-21)29-36(7,23(40)16-24-37(29,47)18-50-24)30(43)27(41)25(20(22)4)35(38,5)6;;/h8-14,19,22-24,26-29,31,40-42,47-48H,15-18H2,1-7H3,(H,39,46);;/b9-8+;;/t22?,23?,24?,26?,27?,28?,29?,31?,36-,37+,38?;;/m1../s1. The Morgan fingerprint density at radius 3 is 2.24 bits per heavy atom. The number of nitrogens with one attached hydrogen (secondary N) is 1. The van der Waals surface area contributed by atoms with Crippen LogP contribution in [-0.2, 0) is 28.5 Å². The number of ether oxygens (including phenoxy) is 4. The molecule has 6 N–H and O–H groups in total. The van der Waals surface area contributed by atoms with Crippen LogP contribution in [0.2, 0.25) is 0 Å². The van der Waals surface area contributed by atoms with Crippen molar-refractivity contribution >= 4 is 23.8 Å². The molecule has 1 aliphatic heterocycles. The zero-order valence-electron chi connectivity index (χ0n) is 31.7. The molecule has 9 unspecified atom stereocenters. The number of hydrogen-bond donors (Lipinski definition) is 6. The molecule has 2 saturated carbocycles. The molecule has 14 nitrogen and oxygen atoms in total. The van der Waals surface area contributed by atoms with E-state index in [1.807, 2.05) is 0 Å². The predicted molar refractivity (Wildman–Crippen MR) is 183 cm³/mol. The van der Waals surface area contributed by atoms with Gasteiger partial charge in [0.05, 0.1) is 35.8 Å². The fraction of sp³-hybridized carbons (Fsp3) is 0.632. The molecule has 3 aliphatic carbocycles. The van der Waals surface area contributed by atoms with Gasteiger partial charge in [-0.15, -0.1) is 0 Å². The summed E-state index contributed by atoms with van der Waals surface area (Å²) in [5, 5.41) is 62.5. The number of Topliss-reactive ketones (excluding diaryl/α,β-unsaturated/α-hetero) is 1. The molecule has 292 valence electrons. The number of carbonyl (C=O) groups excluding carboxylic acids is 4. The maximum Gasteiger partial charge on any atom is 0.407 e. The smallest absolute Gasteiger partial charge is 0.407 e. The summed E-state index contributed by atoms with van der Waals surface area (Å²) in [7, 11) is 0. The number of benzene rings is 1. The number of ketones is 1. The summed E-state index contributed by atoms with van der Waals surface area (Å²) in [5.41, 5.74) is -7.43. The van der Waals surface area contributed by atoms with Crippen LogP contribution in [0.4, 0.5) is 4.79 Å². The maximum absolute atomic E-state index is 14.6. The molecule has 16 heteroatoms. The van der Waals surface area contributed by atoms with E-state index in [0.717, 1.165) is 0 Å². The summed E-state index contributed by atoms with van der Waals surface area (Å²) in [6, 6.07) is 6.73. The van der Waals surface area contributed by atoms with E-state index in [2.05, 4.69) is 5.32 Å². The summed E-state index contributed by atoms with van der Waals surface area (Å²) in [6.07, 6.45) is -7.71. The van der Waals surface area contributed by atoms with E-state index in [9.17, 15) is 44.7 Å². The number of alkyl carbamates (subject to hydrolysis) is 1. The first-order chi connectivity index (χ1) is 24.3. The van der Waals surface area contributed by atoms with E-state index < -0.39 is 107 Å². The van der Waals surface area contributed by atoms with Crippen molar-refractivity contribution < 1.29 is 152 Å². The minimum absolute atomic E-state index is 0. The first-order valence-electron chi connectivity index (χ1n) is 17.6. The molecule has 0 spiro atoms. The van der Waals surface area contributed by atoms with E-state index in [1.165, 1.54) is 26.0 Å². The predicted octanol–water partition coefficient (Wildman–Crippen LogP) is 1.75. The summed E-state index contributed by atoms with van der Waals surface area (Å²) in [6.45, 7) is 10.7. The summed E-state index contributed by atoms with van der Waals surface area (Å²) >= 11 is 0. The van der Waals surface area contributed by atoms with Crippen molar-refractivity contribution in [3.05, 3.63) is 59.2 Å². The molecule has 0 aromatic heterocycles. The average Bonchev–Trinajstić information content (AvgIpc) is 3.09. The van der Waals surface area contributed by atoms with Crippen LogP contribution >= 0.6 is 0 Å². The van der Waals surface area contributed by atoms with Gasteiger partial charge in [-0.05, 0) is 50.0 Å². The molecule has 1 aromatic carbocycles. The quantitative estimate of drug-likeness (QED) is 0.118. The molecular weight excluding hydrogens is 1130 g/mol. The molecule has 1 heterocycles. The normalized spacial score (nSPS) is 35.0. The summed E-state index contributed by atoms with van der Waals surface area (Å²) in [5.74, 6) is -4.95. The summed E-state index contributed by atoms with van der Waals surface area (Å²) < 4.78 is 22.7. The Kier molecular flexibility index (Phi) is 15.9. The number of fused-ring (bicyclic) bond motifs is 5. The number of aliphatic hydroxyl groups excluding tert-OH is 3. The Bertz CT molecular complexity index is 1640. The second-order valence-electron chi connectivity index (χ2n) is 15.6. The fourth-order valence-electron chi connectivity index (χ4n) is 8.74. The van der Waals surface area contributed by atoms with Gasteiger partial charge in [-0.25, -0.2) is 14.4 Å². The molecule has 54 heavy (non-hydrogen) atoms. The molecule has 1 amide bonds.